The van der Waals surface area contributed by atoms with E-state index in [1.807, 2.05) is 24.0 Å². The number of carbonyl (C=O) groups excluding carboxylic acids is 1. The second-order valence-electron chi connectivity index (χ2n) is 7.11. The lowest BCUT2D eigenvalue weighted by Crippen LogP contribution is -2.45. The smallest absolute Gasteiger partial charge is 0.289 e. The van der Waals surface area contributed by atoms with Gasteiger partial charge in [0.15, 0.2) is 5.76 Å². The molecular formula is C19H23ClN2O2. The number of hydrogen-bond donors (Lipinski definition) is 1. The largest absolute Gasteiger partial charge is 0.451 e. The molecule has 1 aromatic carbocycles. The Bertz CT molecular complexity index is 758. The molecule has 1 saturated heterocycles. The van der Waals surface area contributed by atoms with Crippen LogP contribution >= 0.6 is 11.6 Å². The van der Waals surface area contributed by atoms with Crippen LogP contribution < -0.4 is 5.32 Å². The maximum Gasteiger partial charge on any atom is 0.289 e. The lowest BCUT2D eigenvalue weighted by atomic mass is 10.0. The van der Waals surface area contributed by atoms with E-state index in [4.69, 9.17) is 16.0 Å². The number of aryl methyl sites for hydroxylation is 1. The number of likely N-dealkylation sites (tertiary alicyclic amines) is 1. The molecule has 1 aromatic heterocycles. The first-order valence-corrected chi connectivity index (χ1v) is 9.21. The molecule has 0 atom stereocenters. The van der Waals surface area contributed by atoms with Gasteiger partial charge in [0.05, 0.1) is 0 Å². The number of amides is 1. The predicted octanol–water partition coefficient (Wildman–Crippen LogP) is 4.00. The van der Waals surface area contributed by atoms with Gasteiger partial charge in [-0.05, 0) is 63.3 Å². The molecule has 0 unspecified atom stereocenters. The van der Waals surface area contributed by atoms with Gasteiger partial charge in [-0.15, -0.1) is 0 Å². The molecule has 0 radical (unpaired) electrons. The summed E-state index contributed by atoms with van der Waals surface area (Å²) < 4.78 is 5.82. The normalized spacial score (nSPS) is 19.2. The Labute approximate surface area is 147 Å². The van der Waals surface area contributed by atoms with E-state index in [0.717, 1.165) is 54.9 Å². The maximum atomic E-state index is 12.8. The zero-order valence-corrected chi connectivity index (χ0v) is 14.7. The first-order chi connectivity index (χ1) is 11.6. The van der Waals surface area contributed by atoms with Crippen LogP contribution in [0.1, 0.15) is 41.8 Å². The number of fused-ring (bicyclic) bond motifs is 1. The van der Waals surface area contributed by atoms with E-state index in [1.54, 1.807) is 6.07 Å². The second-order valence-corrected chi connectivity index (χ2v) is 7.55. The van der Waals surface area contributed by atoms with Gasteiger partial charge in [0.25, 0.3) is 5.91 Å². The van der Waals surface area contributed by atoms with E-state index >= 15 is 0 Å². The van der Waals surface area contributed by atoms with Crippen LogP contribution in [-0.2, 0) is 0 Å². The van der Waals surface area contributed by atoms with Gasteiger partial charge in [-0.1, -0.05) is 11.6 Å². The van der Waals surface area contributed by atoms with Crippen LogP contribution in [0.25, 0.3) is 11.0 Å². The van der Waals surface area contributed by atoms with Gasteiger partial charge in [-0.2, -0.15) is 0 Å². The Morgan fingerprint density at radius 2 is 2.04 bits per heavy atom. The average molecular weight is 347 g/mol. The summed E-state index contributed by atoms with van der Waals surface area (Å²) in [6, 6.07) is 6.03. The van der Waals surface area contributed by atoms with Crippen molar-refractivity contribution in [2.24, 2.45) is 5.92 Å². The summed E-state index contributed by atoms with van der Waals surface area (Å²) in [5, 5.41) is 5.23. The monoisotopic (exact) mass is 346 g/mol. The fraction of sp³-hybridized carbons (Fsp3) is 0.526. The first-order valence-electron chi connectivity index (χ1n) is 8.83. The molecule has 1 amide bonds. The standard InChI is InChI=1S/C19H23ClN2O2/c1-12-16-10-14(20)4-5-17(16)24-18(12)19(23)22-8-6-15(7-9-22)21-11-13-2-3-13/h4-5,10,13,15,21H,2-3,6-9,11H2,1H3. The minimum Gasteiger partial charge on any atom is -0.451 e. The zero-order valence-electron chi connectivity index (χ0n) is 14.0. The highest BCUT2D eigenvalue weighted by molar-refractivity contribution is 6.31. The van der Waals surface area contributed by atoms with E-state index in [0.29, 0.717) is 16.8 Å². The molecule has 4 rings (SSSR count). The van der Waals surface area contributed by atoms with Crippen LogP contribution in [-0.4, -0.2) is 36.5 Å². The van der Waals surface area contributed by atoms with E-state index in [1.165, 1.54) is 12.8 Å². The van der Waals surface area contributed by atoms with Crippen molar-refractivity contribution in [1.82, 2.24) is 10.2 Å². The quantitative estimate of drug-likeness (QED) is 0.910. The van der Waals surface area contributed by atoms with Crippen molar-refractivity contribution in [2.45, 2.75) is 38.6 Å². The Hall–Kier alpha value is -1.52. The minimum atomic E-state index is 0.000431. The molecule has 2 aromatic rings. The molecule has 0 bridgehead atoms. The molecule has 0 spiro atoms. The molecule has 1 aliphatic heterocycles. The van der Waals surface area contributed by atoms with Gasteiger partial charge in [0, 0.05) is 35.1 Å². The molecule has 128 valence electrons. The third kappa shape index (κ3) is 3.17. The van der Waals surface area contributed by atoms with Crippen molar-refractivity contribution >= 4 is 28.5 Å². The number of piperidine rings is 1. The molecule has 2 aliphatic rings. The highest BCUT2D eigenvalue weighted by Gasteiger charge is 2.28. The highest BCUT2D eigenvalue weighted by Crippen LogP contribution is 2.30. The average Bonchev–Trinajstić information content (AvgIpc) is 3.37. The number of halogens is 1. The number of rotatable bonds is 4. The number of nitrogens with one attached hydrogen (secondary N) is 1. The molecule has 1 aliphatic carbocycles. The van der Waals surface area contributed by atoms with Gasteiger partial charge >= 0.3 is 0 Å². The summed E-state index contributed by atoms with van der Waals surface area (Å²) in [5.74, 6) is 1.35. The number of hydrogen-bond acceptors (Lipinski definition) is 3. The molecule has 1 N–H and O–H groups in total. The van der Waals surface area contributed by atoms with Gasteiger partial charge in [0.1, 0.15) is 5.58 Å². The van der Waals surface area contributed by atoms with Gasteiger partial charge in [-0.25, -0.2) is 0 Å². The summed E-state index contributed by atoms with van der Waals surface area (Å²) >= 11 is 6.06. The lowest BCUT2D eigenvalue weighted by Gasteiger charge is -2.32. The van der Waals surface area contributed by atoms with Crippen molar-refractivity contribution in [3.63, 3.8) is 0 Å². The van der Waals surface area contributed by atoms with Crippen LogP contribution in [0.5, 0.6) is 0 Å². The third-order valence-corrected chi connectivity index (χ3v) is 5.50. The van der Waals surface area contributed by atoms with E-state index in [9.17, 15) is 4.79 Å². The number of benzene rings is 1. The van der Waals surface area contributed by atoms with Crippen LogP contribution in [0, 0.1) is 12.8 Å². The molecule has 4 nitrogen and oxygen atoms in total. The molecule has 2 fully saturated rings. The van der Waals surface area contributed by atoms with Crippen LogP contribution in [0.2, 0.25) is 5.02 Å². The van der Waals surface area contributed by atoms with E-state index in [-0.39, 0.29) is 5.91 Å². The van der Waals surface area contributed by atoms with Crippen molar-refractivity contribution in [3.8, 4) is 0 Å². The number of furan rings is 1. The van der Waals surface area contributed by atoms with E-state index < -0.39 is 0 Å². The van der Waals surface area contributed by atoms with Crippen molar-refractivity contribution in [2.75, 3.05) is 19.6 Å². The zero-order chi connectivity index (χ0) is 16.7. The SMILES string of the molecule is Cc1c(C(=O)N2CCC(NCC3CC3)CC2)oc2ccc(Cl)cc12. The molecule has 2 heterocycles. The number of carbonyl (C=O) groups is 1. The summed E-state index contributed by atoms with van der Waals surface area (Å²) in [6.07, 6.45) is 4.78. The summed E-state index contributed by atoms with van der Waals surface area (Å²) in [5.41, 5.74) is 1.60. The number of nitrogens with zero attached hydrogens (tertiary/aromatic N) is 1. The third-order valence-electron chi connectivity index (χ3n) is 5.27. The molecular weight excluding hydrogens is 324 g/mol. The maximum absolute atomic E-state index is 12.8. The summed E-state index contributed by atoms with van der Waals surface area (Å²) in [4.78, 5) is 14.8. The Balaban J connectivity index is 1.43. The Morgan fingerprint density at radius 3 is 2.75 bits per heavy atom. The van der Waals surface area contributed by atoms with Gasteiger partial charge in [-0.3, -0.25) is 4.79 Å². The molecule has 1 saturated carbocycles. The van der Waals surface area contributed by atoms with Crippen LogP contribution in [0.3, 0.4) is 0 Å². The summed E-state index contributed by atoms with van der Waals surface area (Å²) in [7, 11) is 0. The molecule has 24 heavy (non-hydrogen) atoms. The first kappa shape index (κ1) is 16.0. The fourth-order valence-corrected chi connectivity index (χ4v) is 3.65. The lowest BCUT2D eigenvalue weighted by molar-refractivity contribution is 0.0674. The minimum absolute atomic E-state index is 0.000431. The Morgan fingerprint density at radius 1 is 1.29 bits per heavy atom. The van der Waals surface area contributed by atoms with Crippen molar-refractivity contribution < 1.29 is 9.21 Å². The fourth-order valence-electron chi connectivity index (χ4n) is 3.48. The second kappa shape index (κ2) is 6.41. The van der Waals surface area contributed by atoms with Crippen molar-refractivity contribution in [1.29, 1.82) is 0 Å². The highest BCUT2D eigenvalue weighted by atomic mass is 35.5. The van der Waals surface area contributed by atoms with Crippen LogP contribution in [0.4, 0.5) is 0 Å². The van der Waals surface area contributed by atoms with Crippen molar-refractivity contribution in [3.05, 3.63) is 34.5 Å². The van der Waals surface area contributed by atoms with E-state index in [2.05, 4.69) is 5.32 Å². The Kier molecular flexibility index (Phi) is 4.27. The summed E-state index contributed by atoms with van der Waals surface area (Å²) in [6.45, 7) is 4.65. The topological polar surface area (TPSA) is 45.5 Å². The predicted molar refractivity (Wildman–Crippen MR) is 95.6 cm³/mol. The van der Waals surface area contributed by atoms with Gasteiger partial charge in [0.2, 0.25) is 0 Å². The van der Waals surface area contributed by atoms with Crippen LogP contribution in [0.15, 0.2) is 22.6 Å². The molecule has 5 heteroatoms. The van der Waals surface area contributed by atoms with Gasteiger partial charge < -0.3 is 14.6 Å².